The minimum atomic E-state index is -0.199. The number of ether oxygens (including phenoxy) is 1. The van der Waals surface area contributed by atoms with Gasteiger partial charge in [0.25, 0.3) is 5.91 Å². The van der Waals surface area contributed by atoms with E-state index in [0.717, 1.165) is 5.56 Å². The van der Waals surface area contributed by atoms with Gasteiger partial charge in [0.2, 0.25) is 5.91 Å². The Hall–Kier alpha value is -2.04. The molecule has 1 rings (SSSR count). The molecule has 5 heteroatoms. The maximum absolute atomic E-state index is 12.1. The molecular formula is C15H22N2O3. The van der Waals surface area contributed by atoms with Crippen molar-refractivity contribution in [3.8, 4) is 5.75 Å². The first kappa shape index (κ1) is 16.0. The summed E-state index contributed by atoms with van der Waals surface area (Å²) in [7, 11) is 1.54. The van der Waals surface area contributed by atoms with E-state index >= 15 is 0 Å². The van der Waals surface area contributed by atoms with Crippen molar-refractivity contribution >= 4 is 11.8 Å². The van der Waals surface area contributed by atoms with Crippen molar-refractivity contribution in [2.24, 2.45) is 0 Å². The van der Waals surface area contributed by atoms with Crippen molar-refractivity contribution in [1.29, 1.82) is 0 Å². The molecule has 0 heterocycles. The smallest absolute Gasteiger partial charge is 0.255 e. The van der Waals surface area contributed by atoms with Crippen LogP contribution in [0.15, 0.2) is 18.2 Å². The van der Waals surface area contributed by atoms with Crippen molar-refractivity contribution < 1.29 is 14.3 Å². The van der Waals surface area contributed by atoms with Crippen molar-refractivity contribution in [1.82, 2.24) is 10.6 Å². The van der Waals surface area contributed by atoms with Crippen LogP contribution in [0.4, 0.5) is 0 Å². The van der Waals surface area contributed by atoms with Crippen LogP contribution in [0, 0.1) is 0 Å². The monoisotopic (exact) mass is 278 g/mol. The molecule has 0 radical (unpaired) electrons. The lowest BCUT2D eigenvalue weighted by atomic mass is 10.00. The number of nitrogens with one attached hydrogen (secondary N) is 2. The second-order valence-electron chi connectivity index (χ2n) is 4.85. The predicted octanol–water partition coefficient (Wildman–Crippen LogP) is 1.68. The Labute approximate surface area is 119 Å². The number of benzene rings is 1. The van der Waals surface area contributed by atoms with E-state index in [1.165, 1.54) is 6.92 Å². The van der Waals surface area contributed by atoms with E-state index in [4.69, 9.17) is 4.74 Å². The fourth-order valence-corrected chi connectivity index (χ4v) is 1.77. The third kappa shape index (κ3) is 4.57. The Morgan fingerprint density at radius 1 is 1.20 bits per heavy atom. The van der Waals surface area contributed by atoms with E-state index in [2.05, 4.69) is 24.5 Å². The molecule has 0 fully saturated rings. The van der Waals surface area contributed by atoms with Crippen molar-refractivity contribution in [2.45, 2.75) is 26.7 Å². The van der Waals surface area contributed by atoms with Crippen LogP contribution in [-0.4, -0.2) is 32.0 Å². The molecule has 0 bridgehead atoms. The number of rotatable bonds is 6. The summed E-state index contributed by atoms with van der Waals surface area (Å²) in [4.78, 5) is 22.9. The number of carbonyl (C=O) groups is 2. The van der Waals surface area contributed by atoms with Gasteiger partial charge in [0.05, 0.1) is 12.7 Å². The van der Waals surface area contributed by atoms with Crippen LogP contribution >= 0.6 is 0 Å². The average molecular weight is 278 g/mol. The van der Waals surface area contributed by atoms with Gasteiger partial charge in [0.1, 0.15) is 5.75 Å². The van der Waals surface area contributed by atoms with E-state index in [9.17, 15) is 9.59 Å². The first-order valence-corrected chi connectivity index (χ1v) is 6.66. The first-order valence-electron chi connectivity index (χ1n) is 6.66. The SMILES string of the molecule is COc1ccc(C(C)C)cc1C(=O)NCCNC(C)=O. The van der Waals surface area contributed by atoms with Crippen LogP contribution in [0.25, 0.3) is 0 Å². The second-order valence-corrected chi connectivity index (χ2v) is 4.85. The first-order chi connectivity index (χ1) is 9.45. The van der Waals surface area contributed by atoms with Crippen LogP contribution in [0.2, 0.25) is 0 Å². The lowest BCUT2D eigenvalue weighted by molar-refractivity contribution is -0.118. The minimum absolute atomic E-state index is 0.112. The average Bonchev–Trinajstić information content (AvgIpc) is 2.42. The molecule has 0 aliphatic heterocycles. The number of hydrogen-bond acceptors (Lipinski definition) is 3. The molecule has 110 valence electrons. The number of methoxy groups -OCH3 is 1. The van der Waals surface area contributed by atoms with E-state index in [-0.39, 0.29) is 11.8 Å². The van der Waals surface area contributed by atoms with Gasteiger partial charge in [-0.1, -0.05) is 19.9 Å². The quantitative estimate of drug-likeness (QED) is 0.778. The maximum atomic E-state index is 12.1. The third-order valence-corrected chi connectivity index (χ3v) is 2.92. The summed E-state index contributed by atoms with van der Waals surface area (Å²) in [6.07, 6.45) is 0. The highest BCUT2D eigenvalue weighted by Crippen LogP contribution is 2.23. The van der Waals surface area contributed by atoms with Crippen molar-refractivity contribution in [2.75, 3.05) is 20.2 Å². The summed E-state index contributed by atoms with van der Waals surface area (Å²) in [5.74, 6) is 0.576. The number of amides is 2. The molecule has 0 saturated carbocycles. The van der Waals surface area contributed by atoms with E-state index in [1.807, 2.05) is 12.1 Å². The molecule has 0 saturated heterocycles. The molecule has 5 nitrogen and oxygen atoms in total. The topological polar surface area (TPSA) is 67.4 Å². The molecule has 1 aromatic rings. The molecule has 0 aliphatic carbocycles. The minimum Gasteiger partial charge on any atom is -0.496 e. The van der Waals surface area contributed by atoms with Gasteiger partial charge in [-0.3, -0.25) is 9.59 Å². The zero-order valence-corrected chi connectivity index (χ0v) is 12.4. The van der Waals surface area contributed by atoms with Gasteiger partial charge in [-0.2, -0.15) is 0 Å². The molecule has 20 heavy (non-hydrogen) atoms. The standard InChI is InChI=1S/C15H22N2O3/c1-10(2)12-5-6-14(20-4)13(9-12)15(19)17-8-7-16-11(3)18/h5-6,9-10H,7-8H2,1-4H3,(H,16,18)(H,17,19). The molecule has 0 aromatic heterocycles. The summed E-state index contributed by atoms with van der Waals surface area (Å²) >= 11 is 0. The molecule has 2 amide bonds. The maximum Gasteiger partial charge on any atom is 0.255 e. The van der Waals surface area contributed by atoms with Gasteiger partial charge in [-0.05, 0) is 23.6 Å². The fourth-order valence-electron chi connectivity index (χ4n) is 1.77. The molecule has 0 unspecified atom stereocenters. The Morgan fingerprint density at radius 3 is 2.40 bits per heavy atom. The molecule has 0 atom stereocenters. The van der Waals surface area contributed by atoms with Crippen LogP contribution < -0.4 is 15.4 Å². The summed E-state index contributed by atoms with van der Waals surface area (Å²) in [6, 6.07) is 5.60. The largest absolute Gasteiger partial charge is 0.496 e. The third-order valence-electron chi connectivity index (χ3n) is 2.92. The van der Waals surface area contributed by atoms with Crippen LogP contribution in [0.5, 0.6) is 5.75 Å². The van der Waals surface area contributed by atoms with E-state index in [0.29, 0.717) is 30.3 Å². The van der Waals surface area contributed by atoms with Crippen molar-refractivity contribution in [3.63, 3.8) is 0 Å². The second kappa shape index (κ2) is 7.53. The van der Waals surface area contributed by atoms with Gasteiger partial charge in [-0.15, -0.1) is 0 Å². The predicted molar refractivity (Wildman–Crippen MR) is 78.1 cm³/mol. The molecule has 1 aromatic carbocycles. The summed E-state index contributed by atoms with van der Waals surface area (Å²) in [5.41, 5.74) is 1.60. The highest BCUT2D eigenvalue weighted by molar-refractivity contribution is 5.97. The molecular weight excluding hydrogens is 256 g/mol. The van der Waals surface area contributed by atoms with E-state index < -0.39 is 0 Å². The van der Waals surface area contributed by atoms with Crippen molar-refractivity contribution in [3.05, 3.63) is 29.3 Å². The molecule has 0 aliphatic rings. The molecule has 0 spiro atoms. The Bertz CT molecular complexity index is 484. The zero-order valence-electron chi connectivity index (χ0n) is 12.4. The summed E-state index contributed by atoms with van der Waals surface area (Å²) in [5, 5.41) is 5.39. The highest BCUT2D eigenvalue weighted by atomic mass is 16.5. The van der Waals surface area contributed by atoms with Gasteiger partial charge < -0.3 is 15.4 Å². The summed E-state index contributed by atoms with van der Waals surface area (Å²) in [6.45, 7) is 6.37. The normalized spacial score (nSPS) is 10.2. The lowest BCUT2D eigenvalue weighted by Gasteiger charge is -2.13. The van der Waals surface area contributed by atoms with Crippen LogP contribution in [-0.2, 0) is 4.79 Å². The zero-order chi connectivity index (χ0) is 15.1. The van der Waals surface area contributed by atoms with Gasteiger partial charge in [0.15, 0.2) is 0 Å². The lowest BCUT2D eigenvalue weighted by Crippen LogP contribution is -2.33. The Morgan fingerprint density at radius 2 is 1.85 bits per heavy atom. The number of carbonyl (C=O) groups excluding carboxylic acids is 2. The summed E-state index contributed by atoms with van der Waals surface area (Å²) < 4.78 is 5.22. The van der Waals surface area contributed by atoms with Gasteiger partial charge in [-0.25, -0.2) is 0 Å². The van der Waals surface area contributed by atoms with Gasteiger partial charge >= 0.3 is 0 Å². The van der Waals surface area contributed by atoms with Gasteiger partial charge in [0, 0.05) is 20.0 Å². The Balaban J connectivity index is 2.74. The van der Waals surface area contributed by atoms with E-state index in [1.54, 1.807) is 13.2 Å². The highest BCUT2D eigenvalue weighted by Gasteiger charge is 2.13. The van der Waals surface area contributed by atoms with Crippen LogP contribution in [0.3, 0.4) is 0 Å². The Kier molecular flexibility index (Phi) is 6.03. The van der Waals surface area contributed by atoms with Crippen LogP contribution in [0.1, 0.15) is 42.6 Å². The molecule has 2 N–H and O–H groups in total. The number of hydrogen-bond donors (Lipinski definition) is 2. The fraction of sp³-hybridized carbons (Fsp3) is 0.467.